The van der Waals surface area contributed by atoms with Crippen molar-refractivity contribution in [2.75, 3.05) is 65.8 Å². The Labute approximate surface area is 149 Å². The summed E-state index contributed by atoms with van der Waals surface area (Å²) in [6, 6.07) is -1.06. The summed E-state index contributed by atoms with van der Waals surface area (Å²) in [4.78, 5) is 0. The van der Waals surface area contributed by atoms with E-state index < -0.39 is 0 Å². The normalized spacial score (nSPS) is 34.2. The quantitative estimate of drug-likeness (QED) is 0.228. The highest BCUT2D eigenvalue weighted by Gasteiger charge is 2.18. The smallest absolute Gasteiger partial charge is 0.0597 e. The SMILES string of the molecule is OC[C@@H]1CN[C@@H](CO)CN[C@@H](CO)CN[C@H](CO)CN[C@@H](CO)CN1. The number of nitrogens with one attached hydrogen (secondary N) is 5. The average molecular weight is 365 g/mol. The third kappa shape index (κ3) is 9.20. The van der Waals surface area contributed by atoms with Crippen LogP contribution in [0, 0.1) is 0 Å². The van der Waals surface area contributed by atoms with E-state index in [1.807, 2.05) is 0 Å². The van der Waals surface area contributed by atoms with Crippen LogP contribution in [0.5, 0.6) is 0 Å². The van der Waals surface area contributed by atoms with Crippen molar-refractivity contribution in [2.45, 2.75) is 30.2 Å². The van der Waals surface area contributed by atoms with Crippen molar-refractivity contribution in [1.29, 1.82) is 0 Å². The van der Waals surface area contributed by atoms with Crippen molar-refractivity contribution in [2.24, 2.45) is 0 Å². The molecule has 0 spiro atoms. The molecule has 0 saturated carbocycles. The zero-order valence-corrected chi connectivity index (χ0v) is 14.7. The van der Waals surface area contributed by atoms with E-state index in [9.17, 15) is 25.5 Å². The minimum absolute atomic E-state index is 0.0726. The molecule has 0 amide bonds. The Bertz CT molecular complexity index is 239. The lowest BCUT2D eigenvalue weighted by Crippen LogP contribution is -2.53. The highest BCUT2D eigenvalue weighted by atomic mass is 16.3. The highest BCUT2D eigenvalue weighted by molar-refractivity contribution is 4.82. The van der Waals surface area contributed by atoms with Gasteiger partial charge >= 0.3 is 0 Å². The molecule has 1 aliphatic heterocycles. The molecule has 0 unspecified atom stereocenters. The van der Waals surface area contributed by atoms with Gasteiger partial charge in [-0.15, -0.1) is 0 Å². The van der Waals surface area contributed by atoms with Gasteiger partial charge in [0, 0.05) is 62.9 Å². The zero-order valence-electron chi connectivity index (χ0n) is 14.7. The van der Waals surface area contributed by atoms with Gasteiger partial charge in [0.2, 0.25) is 0 Å². The fraction of sp³-hybridized carbons (Fsp3) is 1.00. The standard InChI is InChI=1S/C15H35N5O5/c21-6-11-1-16-12(7-22)2-18-14(9-24)4-20-15(10-25)5-19-13(8-23)3-17-11/h11-25H,1-10H2/t11-,12-,13+,14+,15-/m1/s1. The third-order valence-corrected chi connectivity index (χ3v) is 4.37. The molecule has 150 valence electrons. The van der Waals surface area contributed by atoms with Crippen molar-refractivity contribution in [3.05, 3.63) is 0 Å². The summed E-state index contributed by atoms with van der Waals surface area (Å²) in [6.45, 7) is 1.94. The minimum atomic E-state index is -0.213. The Balaban J connectivity index is 2.71. The lowest BCUT2D eigenvalue weighted by atomic mass is 10.2. The van der Waals surface area contributed by atoms with Crippen molar-refractivity contribution in [3.8, 4) is 0 Å². The van der Waals surface area contributed by atoms with E-state index in [-0.39, 0.29) is 63.2 Å². The molecular formula is C15H35N5O5. The molecule has 0 bridgehead atoms. The predicted octanol–water partition coefficient (Wildman–Crippen LogP) is -5.25. The molecule has 1 fully saturated rings. The van der Waals surface area contributed by atoms with E-state index in [2.05, 4.69) is 26.6 Å². The highest BCUT2D eigenvalue weighted by Crippen LogP contribution is 1.92. The molecule has 0 aromatic carbocycles. The minimum Gasteiger partial charge on any atom is -0.395 e. The maximum Gasteiger partial charge on any atom is 0.0597 e. The van der Waals surface area contributed by atoms with Gasteiger partial charge in [0.1, 0.15) is 0 Å². The largest absolute Gasteiger partial charge is 0.395 e. The number of aliphatic hydroxyl groups is 5. The van der Waals surface area contributed by atoms with Gasteiger partial charge in [0.15, 0.2) is 0 Å². The van der Waals surface area contributed by atoms with Crippen molar-refractivity contribution < 1.29 is 25.5 Å². The second-order valence-electron chi connectivity index (χ2n) is 6.44. The summed E-state index contributed by atoms with van der Waals surface area (Å²) in [5.74, 6) is 0. The topological polar surface area (TPSA) is 161 Å². The van der Waals surface area contributed by atoms with Crippen LogP contribution in [0.2, 0.25) is 0 Å². The molecule has 1 aliphatic rings. The lowest BCUT2D eigenvalue weighted by molar-refractivity contribution is 0.193. The molecule has 1 heterocycles. The molecule has 10 N–H and O–H groups in total. The summed E-state index contributed by atoms with van der Waals surface area (Å²) in [7, 11) is 0. The first-order chi connectivity index (χ1) is 12.2. The third-order valence-electron chi connectivity index (χ3n) is 4.37. The van der Waals surface area contributed by atoms with E-state index in [1.54, 1.807) is 0 Å². The van der Waals surface area contributed by atoms with E-state index in [4.69, 9.17) is 0 Å². The summed E-state index contributed by atoms with van der Waals surface area (Å²) in [6.07, 6.45) is 0. The maximum atomic E-state index is 9.48. The number of hydrogen-bond donors (Lipinski definition) is 10. The number of hydrogen-bond acceptors (Lipinski definition) is 10. The second kappa shape index (κ2) is 13.8. The van der Waals surface area contributed by atoms with Crippen LogP contribution in [0.4, 0.5) is 0 Å². The molecule has 0 radical (unpaired) electrons. The first-order valence-corrected chi connectivity index (χ1v) is 8.87. The van der Waals surface area contributed by atoms with E-state index in [0.717, 1.165) is 0 Å². The molecule has 0 aromatic rings. The Morgan fingerprint density at radius 3 is 0.680 bits per heavy atom. The first-order valence-electron chi connectivity index (χ1n) is 8.87. The Hall–Kier alpha value is -0.400. The summed E-state index contributed by atoms with van der Waals surface area (Å²) in [5, 5.41) is 63.3. The molecule has 25 heavy (non-hydrogen) atoms. The van der Waals surface area contributed by atoms with Gasteiger partial charge < -0.3 is 52.1 Å². The van der Waals surface area contributed by atoms with Crippen LogP contribution in [0.25, 0.3) is 0 Å². The fourth-order valence-corrected chi connectivity index (χ4v) is 2.55. The predicted molar refractivity (Wildman–Crippen MR) is 94.4 cm³/mol. The van der Waals surface area contributed by atoms with Crippen LogP contribution < -0.4 is 26.6 Å². The molecule has 1 saturated heterocycles. The van der Waals surface area contributed by atoms with Gasteiger partial charge in [0.25, 0.3) is 0 Å². The number of rotatable bonds is 5. The average Bonchev–Trinajstić information content (AvgIpc) is 2.65. The van der Waals surface area contributed by atoms with E-state index in [1.165, 1.54) is 0 Å². The van der Waals surface area contributed by atoms with Crippen molar-refractivity contribution in [1.82, 2.24) is 26.6 Å². The van der Waals surface area contributed by atoms with Crippen molar-refractivity contribution in [3.63, 3.8) is 0 Å². The van der Waals surface area contributed by atoms with Gasteiger partial charge in [-0.25, -0.2) is 0 Å². The van der Waals surface area contributed by atoms with Gasteiger partial charge in [-0.1, -0.05) is 0 Å². The monoisotopic (exact) mass is 365 g/mol. The molecule has 1 rings (SSSR count). The summed E-state index contributed by atoms with van der Waals surface area (Å²) < 4.78 is 0. The van der Waals surface area contributed by atoms with E-state index in [0.29, 0.717) is 32.7 Å². The van der Waals surface area contributed by atoms with Crippen LogP contribution in [-0.4, -0.2) is 122 Å². The fourth-order valence-electron chi connectivity index (χ4n) is 2.55. The van der Waals surface area contributed by atoms with Gasteiger partial charge in [-0.3, -0.25) is 0 Å². The Morgan fingerprint density at radius 2 is 0.560 bits per heavy atom. The molecule has 10 heteroatoms. The first kappa shape index (κ1) is 22.6. The van der Waals surface area contributed by atoms with Crippen LogP contribution in [-0.2, 0) is 0 Å². The van der Waals surface area contributed by atoms with Crippen molar-refractivity contribution >= 4 is 0 Å². The molecule has 0 aliphatic carbocycles. The second-order valence-corrected chi connectivity index (χ2v) is 6.44. The Kier molecular flexibility index (Phi) is 12.5. The maximum absolute atomic E-state index is 9.48. The molecule has 10 nitrogen and oxygen atoms in total. The molecular weight excluding hydrogens is 330 g/mol. The van der Waals surface area contributed by atoms with Gasteiger partial charge in [-0.2, -0.15) is 0 Å². The van der Waals surface area contributed by atoms with Gasteiger partial charge in [0.05, 0.1) is 33.0 Å². The van der Waals surface area contributed by atoms with Gasteiger partial charge in [-0.05, 0) is 0 Å². The van der Waals surface area contributed by atoms with Crippen LogP contribution in [0.3, 0.4) is 0 Å². The molecule has 0 aromatic heterocycles. The summed E-state index contributed by atoms with van der Waals surface area (Å²) in [5.41, 5.74) is 0. The lowest BCUT2D eigenvalue weighted by Gasteiger charge is -2.24. The number of aliphatic hydroxyl groups excluding tert-OH is 5. The van der Waals surface area contributed by atoms with Crippen LogP contribution in [0.15, 0.2) is 0 Å². The van der Waals surface area contributed by atoms with Crippen LogP contribution in [0.1, 0.15) is 0 Å². The van der Waals surface area contributed by atoms with E-state index >= 15 is 0 Å². The van der Waals surface area contributed by atoms with Crippen LogP contribution >= 0.6 is 0 Å². The molecule has 5 atom stereocenters. The summed E-state index contributed by atoms with van der Waals surface area (Å²) >= 11 is 0. The zero-order chi connectivity index (χ0) is 18.5. The Morgan fingerprint density at radius 1 is 0.400 bits per heavy atom.